The van der Waals surface area contributed by atoms with Crippen molar-refractivity contribution >= 4 is 24.2 Å². The zero-order chi connectivity index (χ0) is 13.7. The zero-order valence-electron chi connectivity index (χ0n) is 10.4. The predicted molar refractivity (Wildman–Crippen MR) is 72.8 cm³/mol. The van der Waals surface area contributed by atoms with Crippen LogP contribution in [-0.2, 0) is 18.3 Å². The third-order valence-corrected chi connectivity index (χ3v) is 2.93. The van der Waals surface area contributed by atoms with Gasteiger partial charge in [-0.2, -0.15) is 5.10 Å². The lowest BCUT2D eigenvalue weighted by atomic mass is 10.3. The number of nitrogens with one attached hydrogen (secondary N) is 2. The molecule has 0 spiro atoms. The number of carbonyl (C=O) groups excluding carboxylic acids is 1. The molecule has 2 rings (SSSR count). The first kappa shape index (κ1) is 13.3. The van der Waals surface area contributed by atoms with Gasteiger partial charge in [0.05, 0.1) is 6.26 Å². The Kier molecular flexibility index (Phi) is 4.30. The molecular formula is C12H14N4O2S. The molecule has 1 amide bonds. The van der Waals surface area contributed by atoms with Crippen LogP contribution in [0.1, 0.15) is 11.6 Å². The Balaban J connectivity index is 1.78. The van der Waals surface area contributed by atoms with Gasteiger partial charge in [-0.3, -0.25) is 9.89 Å². The maximum atomic E-state index is 11.5. The largest absolute Gasteiger partial charge is 0.465 e. The summed E-state index contributed by atoms with van der Waals surface area (Å²) in [6.45, 7) is 0.495. The normalized spacial score (nSPS) is 11.0. The van der Waals surface area contributed by atoms with Crippen LogP contribution in [-0.4, -0.2) is 27.2 Å². The van der Waals surface area contributed by atoms with Crippen molar-refractivity contribution in [3.63, 3.8) is 0 Å². The molecule has 0 aliphatic heterocycles. The van der Waals surface area contributed by atoms with Gasteiger partial charge in [0.25, 0.3) is 0 Å². The molecule has 0 fully saturated rings. The number of hydrogen-bond donors (Lipinski definition) is 2. The molecule has 0 aromatic carbocycles. The summed E-state index contributed by atoms with van der Waals surface area (Å²) < 4.78 is 7.43. The standard InChI is InChI=1S/C12H14N4O2S/c1-16-10(14-15-12(16)19)6-7-13-11(17)5-4-9-3-2-8-18-9/h2-5,8H,6-7H2,1H3,(H,13,17)(H,15,19). The average molecular weight is 278 g/mol. The number of hydrogen-bond acceptors (Lipinski definition) is 4. The van der Waals surface area contributed by atoms with E-state index in [1.165, 1.54) is 6.08 Å². The highest BCUT2D eigenvalue weighted by Crippen LogP contribution is 2.01. The van der Waals surface area contributed by atoms with E-state index in [-0.39, 0.29) is 5.91 Å². The maximum Gasteiger partial charge on any atom is 0.244 e. The third kappa shape index (κ3) is 3.65. The second-order valence-corrected chi connectivity index (χ2v) is 4.28. The van der Waals surface area contributed by atoms with Crippen molar-refractivity contribution in [2.24, 2.45) is 7.05 Å². The summed E-state index contributed by atoms with van der Waals surface area (Å²) in [5, 5.41) is 9.52. The van der Waals surface area contributed by atoms with E-state index in [1.54, 1.807) is 29.0 Å². The van der Waals surface area contributed by atoms with Crippen LogP contribution in [0.15, 0.2) is 28.9 Å². The van der Waals surface area contributed by atoms with Gasteiger partial charge in [-0.1, -0.05) is 0 Å². The van der Waals surface area contributed by atoms with E-state index in [0.29, 0.717) is 23.5 Å². The molecule has 0 aliphatic rings. The fourth-order valence-corrected chi connectivity index (χ4v) is 1.65. The minimum absolute atomic E-state index is 0.173. The highest BCUT2D eigenvalue weighted by Gasteiger charge is 2.02. The van der Waals surface area contributed by atoms with Crippen LogP contribution in [0.3, 0.4) is 0 Å². The first-order valence-corrected chi connectivity index (χ1v) is 6.17. The smallest absolute Gasteiger partial charge is 0.244 e. The summed E-state index contributed by atoms with van der Waals surface area (Å²) in [4.78, 5) is 11.5. The number of nitrogens with zero attached hydrogens (tertiary/aromatic N) is 2. The van der Waals surface area contributed by atoms with Gasteiger partial charge < -0.3 is 14.3 Å². The Labute approximate surface area is 115 Å². The fourth-order valence-electron chi connectivity index (χ4n) is 1.50. The van der Waals surface area contributed by atoms with Crippen molar-refractivity contribution in [2.45, 2.75) is 6.42 Å². The molecule has 0 aliphatic carbocycles. The molecule has 2 N–H and O–H groups in total. The van der Waals surface area contributed by atoms with Gasteiger partial charge in [-0.15, -0.1) is 0 Å². The van der Waals surface area contributed by atoms with E-state index in [4.69, 9.17) is 16.6 Å². The van der Waals surface area contributed by atoms with Gasteiger partial charge in [-0.05, 0) is 30.4 Å². The Bertz CT molecular complexity index is 624. The minimum Gasteiger partial charge on any atom is -0.465 e. The predicted octanol–water partition coefficient (Wildman–Crippen LogP) is 1.44. The van der Waals surface area contributed by atoms with Crippen LogP contribution in [0.2, 0.25) is 0 Å². The van der Waals surface area contributed by atoms with E-state index in [2.05, 4.69) is 15.5 Å². The topological polar surface area (TPSA) is 75.8 Å². The molecule has 100 valence electrons. The summed E-state index contributed by atoms with van der Waals surface area (Å²) >= 11 is 5.00. The summed E-state index contributed by atoms with van der Waals surface area (Å²) in [6, 6.07) is 3.54. The van der Waals surface area contributed by atoms with E-state index < -0.39 is 0 Å². The Morgan fingerprint density at radius 2 is 2.53 bits per heavy atom. The lowest BCUT2D eigenvalue weighted by Gasteiger charge is -2.01. The van der Waals surface area contributed by atoms with Crippen molar-refractivity contribution in [2.75, 3.05) is 6.54 Å². The lowest BCUT2D eigenvalue weighted by molar-refractivity contribution is -0.116. The van der Waals surface area contributed by atoms with Crippen LogP contribution in [0.25, 0.3) is 6.08 Å². The molecule has 0 bridgehead atoms. The monoisotopic (exact) mass is 278 g/mol. The lowest BCUT2D eigenvalue weighted by Crippen LogP contribution is -2.24. The van der Waals surface area contributed by atoms with E-state index in [9.17, 15) is 4.79 Å². The molecule has 2 heterocycles. The number of H-pyrrole nitrogens is 1. The number of furan rings is 1. The Morgan fingerprint density at radius 1 is 1.68 bits per heavy atom. The second-order valence-electron chi connectivity index (χ2n) is 3.89. The molecule has 7 heteroatoms. The van der Waals surface area contributed by atoms with Crippen LogP contribution >= 0.6 is 12.2 Å². The number of rotatable bonds is 5. The van der Waals surface area contributed by atoms with Gasteiger partial charge in [0.1, 0.15) is 11.6 Å². The molecule has 0 unspecified atom stereocenters. The summed E-state index contributed by atoms with van der Waals surface area (Å²) in [6.07, 6.45) is 5.22. The number of aromatic nitrogens is 3. The molecule has 2 aromatic heterocycles. The number of aromatic amines is 1. The summed E-state index contributed by atoms with van der Waals surface area (Å²) in [5.41, 5.74) is 0. The van der Waals surface area contributed by atoms with Gasteiger partial charge in [0.15, 0.2) is 4.77 Å². The highest BCUT2D eigenvalue weighted by atomic mass is 32.1. The van der Waals surface area contributed by atoms with Gasteiger partial charge in [0.2, 0.25) is 5.91 Å². The molecule has 6 nitrogen and oxygen atoms in total. The first-order valence-electron chi connectivity index (χ1n) is 5.76. The van der Waals surface area contributed by atoms with Crippen LogP contribution < -0.4 is 5.32 Å². The SMILES string of the molecule is Cn1c(CCNC(=O)C=Cc2ccco2)n[nH]c1=S. The highest BCUT2D eigenvalue weighted by molar-refractivity contribution is 7.71. The first-order chi connectivity index (χ1) is 9.16. The van der Waals surface area contributed by atoms with Gasteiger partial charge in [-0.25, -0.2) is 0 Å². The van der Waals surface area contributed by atoms with E-state index >= 15 is 0 Å². The van der Waals surface area contributed by atoms with E-state index in [1.807, 2.05) is 7.05 Å². The van der Waals surface area contributed by atoms with Gasteiger partial charge >= 0.3 is 0 Å². The van der Waals surface area contributed by atoms with Crippen molar-refractivity contribution in [1.29, 1.82) is 0 Å². The van der Waals surface area contributed by atoms with Crippen LogP contribution in [0, 0.1) is 4.77 Å². The minimum atomic E-state index is -0.173. The molecule has 0 saturated carbocycles. The molecule has 0 atom stereocenters. The van der Waals surface area contributed by atoms with Crippen molar-refractivity contribution in [3.8, 4) is 0 Å². The van der Waals surface area contributed by atoms with Crippen molar-refractivity contribution in [1.82, 2.24) is 20.1 Å². The quantitative estimate of drug-likeness (QED) is 0.641. The maximum absolute atomic E-state index is 11.5. The average Bonchev–Trinajstić information content (AvgIpc) is 3.01. The molecule has 0 radical (unpaired) electrons. The molecule has 19 heavy (non-hydrogen) atoms. The molecule has 2 aromatic rings. The third-order valence-electron chi connectivity index (χ3n) is 2.56. The van der Waals surface area contributed by atoms with E-state index in [0.717, 1.165) is 5.82 Å². The Hall–Kier alpha value is -2.15. The van der Waals surface area contributed by atoms with Crippen molar-refractivity contribution in [3.05, 3.63) is 40.8 Å². The molecular weight excluding hydrogens is 264 g/mol. The number of amides is 1. The zero-order valence-corrected chi connectivity index (χ0v) is 11.2. The van der Waals surface area contributed by atoms with Gasteiger partial charge in [0, 0.05) is 26.1 Å². The Morgan fingerprint density at radius 3 is 3.16 bits per heavy atom. The second kappa shape index (κ2) is 6.14. The summed E-state index contributed by atoms with van der Waals surface area (Å²) in [5.74, 6) is 1.28. The number of carbonyl (C=O) groups is 1. The van der Waals surface area contributed by atoms with Crippen LogP contribution in [0.4, 0.5) is 0 Å². The summed E-state index contributed by atoms with van der Waals surface area (Å²) in [7, 11) is 1.83. The fraction of sp³-hybridized carbons (Fsp3) is 0.250. The van der Waals surface area contributed by atoms with Crippen molar-refractivity contribution < 1.29 is 9.21 Å². The molecule has 0 saturated heterocycles. The van der Waals surface area contributed by atoms with Crippen LogP contribution in [0.5, 0.6) is 0 Å².